The van der Waals surface area contributed by atoms with Crippen molar-refractivity contribution in [3.05, 3.63) is 108 Å². The number of amides is 2. The van der Waals surface area contributed by atoms with Crippen LogP contribution in [0.5, 0.6) is 0 Å². The highest BCUT2D eigenvalue weighted by atomic mass is 16.2. The van der Waals surface area contributed by atoms with Gasteiger partial charge in [0.2, 0.25) is 5.91 Å². The second-order valence-electron chi connectivity index (χ2n) is 9.75. The Morgan fingerprint density at radius 1 is 0.902 bits per heavy atom. The van der Waals surface area contributed by atoms with E-state index in [4.69, 9.17) is 0 Å². The molecule has 0 spiro atoms. The predicted molar refractivity (Wildman–Crippen MR) is 170 cm³/mol. The quantitative estimate of drug-likeness (QED) is 0.138. The molecule has 2 N–H and O–H groups in total. The molecule has 0 radical (unpaired) electrons. The Kier molecular flexibility index (Phi) is 18.9. The van der Waals surface area contributed by atoms with Crippen molar-refractivity contribution in [2.75, 3.05) is 19.6 Å². The molecule has 2 amide bonds. The molecule has 0 aliphatic carbocycles. The zero-order valence-corrected chi connectivity index (χ0v) is 25.4. The largest absolute Gasteiger partial charge is 0.346 e. The average Bonchev–Trinajstić information content (AvgIpc) is 2.99. The first-order chi connectivity index (χ1) is 19.9. The van der Waals surface area contributed by atoms with Gasteiger partial charge in [-0.25, -0.2) is 0 Å². The first-order valence-corrected chi connectivity index (χ1v) is 14.8. The molecule has 0 aromatic heterocycles. The van der Waals surface area contributed by atoms with Crippen molar-refractivity contribution in [2.45, 2.75) is 72.4 Å². The molecule has 41 heavy (non-hydrogen) atoms. The lowest BCUT2D eigenvalue weighted by molar-refractivity contribution is -0.127. The van der Waals surface area contributed by atoms with Gasteiger partial charge in [0.05, 0.1) is 6.04 Å². The second kappa shape index (κ2) is 22.0. The van der Waals surface area contributed by atoms with Gasteiger partial charge in [-0.05, 0) is 49.4 Å². The van der Waals surface area contributed by atoms with Crippen LogP contribution in [-0.2, 0) is 27.3 Å². The van der Waals surface area contributed by atoms with Crippen molar-refractivity contribution < 1.29 is 14.4 Å². The molecule has 0 aliphatic rings. The monoisotopic (exact) mass is 559 g/mol. The Bertz CT molecular complexity index is 1090. The van der Waals surface area contributed by atoms with Crippen LogP contribution in [0.4, 0.5) is 0 Å². The third kappa shape index (κ3) is 15.0. The lowest BCUT2D eigenvalue weighted by atomic mass is 10.0. The molecule has 0 saturated heterocycles. The fraction of sp³-hybridized carbons (Fsp3) is 0.400. The lowest BCUT2D eigenvalue weighted by Crippen LogP contribution is -2.37. The summed E-state index contributed by atoms with van der Waals surface area (Å²) >= 11 is 0. The van der Waals surface area contributed by atoms with E-state index in [1.54, 1.807) is 18.2 Å². The van der Waals surface area contributed by atoms with E-state index in [1.165, 1.54) is 5.56 Å². The third-order valence-corrected chi connectivity index (χ3v) is 6.25. The molecule has 2 aromatic carbocycles. The summed E-state index contributed by atoms with van der Waals surface area (Å²) in [5.41, 5.74) is 3.69. The first kappa shape index (κ1) is 35.3. The van der Waals surface area contributed by atoms with Crippen molar-refractivity contribution in [1.82, 2.24) is 15.5 Å². The number of rotatable bonds is 17. The number of aldehydes is 1. The number of hydrogen-bond acceptors (Lipinski definition) is 4. The van der Waals surface area contributed by atoms with Crippen LogP contribution < -0.4 is 10.6 Å². The van der Waals surface area contributed by atoms with Crippen molar-refractivity contribution in [3.8, 4) is 0 Å². The number of nitrogens with one attached hydrogen (secondary N) is 2. The van der Waals surface area contributed by atoms with E-state index in [-0.39, 0.29) is 18.2 Å². The van der Waals surface area contributed by atoms with Gasteiger partial charge in [-0.15, -0.1) is 0 Å². The molecular formula is C35H49N3O3. The Hall–Kier alpha value is -3.77. The van der Waals surface area contributed by atoms with Gasteiger partial charge >= 0.3 is 0 Å². The summed E-state index contributed by atoms with van der Waals surface area (Å²) in [6, 6.07) is 19.4. The Labute approximate surface area is 247 Å². The minimum absolute atomic E-state index is 0.0511. The van der Waals surface area contributed by atoms with Crippen LogP contribution in [0, 0.1) is 0 Å². The maximum Gasteiger partial charge on any atom is 0.253 e. The van der Waals surface area contributed by atoms with Gasteiger partial charge < -0.3 is 20.3 Å². The zero-order valence-electron chi connectivity index (χ0n) is 25.4. The highest BCUT2D eigenvalue weighted by molar-refractivity contribution is 5.97. The predicted octanol–water partition coefficient (Wildman–Crippen LogP) is 6.20. The van der Waals surface area contributed by atoms with Crippen LogP contribution >= 0.6 is 0 Å². The molecule has 0 aliphatic heterocycles. The highest BCUT2D eigenvalue weighted by Gasteiger charge is 2.17. The third-order valence-electron chi connectivity index (χ3n) is 6.25. The van der Waals surface area contributed by atoms with Crippen LogP contribution in [0.3, 0.4) is 0 Å². The van der Waals surface area contributed by atoms with E-state index in [0.29, 0.717) is 31.5 Å². The molecule has 6 heteroatoms. The van der Waals surface area contributed by atoms with Crippen molar-refractivity contribution >= 4 is 18.1 Å². The first-order valence-electron chi connectivity index (χ1n) is 14.8. The molecule has 0 heterocycles. The lowest BCUT2D eigenvalue weighted by Gasteiger charge is -2.22. The molecule has 0 unspecified atom stereocenters. The van der Waals surface area contributed by atoms with Gasteiger partial charge in [0, 0.05) is 31.6 Å². The standard InChI is InChI=1S/C26H36N2O3.C9H13N/c1-5-12-23(26(31)28(15-6-2)16-7-3)17-21(8-4)19-25(30)27-24(20-29)18-22-13-10-9-11-14-22;1-2-10-8-9-6-4-3-5-7-9/h5,9-14,17,20,24H,1,6-8,15-16,18-19H2,2-4H3,(H,27,30);3-7,10H,2,8H2,1H3/b21-17+,23-12+;/t24-;/m0./s1. The second-order valence-corrected chi connectivity index (χ2v) is 9.75. The van der Waals surface area contributed by atoms with Crippen LogP contribution in [0.1, 0.15) is 64.5 Å². The number of nitrogens with zero attached hydrogens (tertiary/aromatic N) is 1. The summed E-state index contributed by atoms with van der Waals surface area (Å²) in [4.78, 5) is 38.9. The number of carbonyl (C=O) groups excluding carboxylic acids is 3. The molecule has 0 fully saturated rings. The molecule has 2 aromatic rings. The summed E-state index contributed by atoms with van der Waals surface area (Å²) in [6.07, 6.45) is 8.82. The van der Waals surface area contributed by atoms with Gasteiger partial charge in [-0.2, -0.15) is 0 Å². The molecule has 1 atom stereocenters. The molecule has 222 valence electrons. The van der Waals surface area contributed by atoms with E-state index in [2.05, 4.69) is 48.4 Å². The van der Waals surface area contributed by atoms with E-state index in [1.807, 2.05) is 62.1 Å². The van der Waals surface area contributed by atoms with E-state index in [9.17, 15) is 14.4 Å². The summed E-state index contributed by atoms with van der Waals surface area (Å²) in [7, 11) is 0. The van der Waals surface area contributed by atoms with Crippen LogP contribution in [0.15, 0.2) is 96.6 Å². The molecule has 2 rings (SSSR count). The maximum absolute atomic E-state index is 13.0. The Balaban J connectivity index is 0.000000702. The number of carbonyl (C=O) groups is 3. The van der Waals surface area contributed by atoms with E-state index < -0.39 is 6.04 Å². The summed E-state index contributed by atoms with van der Waals surface area (Å²) in [5, 5.41) is 6.06. The fourth-order valence-electron chi connectivity index (χ4n) is 4.17. The zero-order chi connectivity index (χ0) is 30.3. The Morgan fingerprint density at radius 3 is 1.98 bits per heavy atom. The Morgan fingerprint density at radius 2 is 1.49 bits per heavy atom. The van der Waals surface area contributed by atoms with Gasteiger partial charge in [-0.3, -0.25) is 9.59 Å². The highest BCUT2D eigenvalue weighted by Crippen LogP contribution is 2.15. The summed E-state index contributed by atoms with van der Waals surface area (Å²) < 4.78 is 0. The fourth-order valence-corrected chi connectivity index (χ4v) is 4.17. The summed E-state index contributed by atoms with van der Waals surface area (Å²) in [5.74, 6) is -0.282. The average molecular weight is 560 g/mol. The number of hydrogen-bond donors (Lipinski definition) is 2. The molecule has 0 bridgehead atoms. The minimum Gasteiger partial charge on any atom is -0.346 e. The van der Waals surface area contributed by atoms with Crippen LogP contribution in [0.2, 0.25) is 0 Å². The molecule has 0 saturated carbocycles. The van der Waals surface area contributed by atoms with Gasteiger partial charge in [0.15, 0.2) is 0 Å². The topological polar surface area (TPSA) is 78.5 Å². The van der Waals surface area contributed by atoms with E-state index >= 15 is 0 Å². The molecule has 6 nitrogen and oxygen atoms in total. The SMILES string of the molecule is C=C/C=C(\C=C(/CC)CC(=O)N[C@H](C=O)Cc1ccccc1)C(=O)N(CCC)CCC.CCNCc1ccccc1. The number of benzene rings is 2. The van der Waals surface area contributed by atoms with Crippen molar-refractivity contribution in [2.24, 2.45) is 0 Å². The van der Waals surface area contributed by atoms with Crippen LogP contribution in [0.25, 0.3) is 0 Å². The minimum atomic E-state index is -0.581. The van der Waals surface area contributed by atoms with Crippen LogP contribution in [-0.4, -0.2) is 48.7 Å². The number of allylic oxidation sites excluding steroid dienone is 2. The molecular weight excluding hydrogens is 510 g/mol. The normalized spacial score (nSPS) is 12.0. The van der Waals surface area contributed by atoms with Gasteiger partial charge in [0.25, 0.3) is 5.91 Å². The van der Waals surface area contributed by atoms with Crippen molar-refractivity contribution in [3.63, 3.8) is 0 Å². The summed E-state index contributed by atoms with van der Waals surface area (Å²) in [6.45, 7) is 15.3. The van der Waals surface area contributed by atoms with Gasteiger partial charge in [-0.1, -0.05) is 113 Å². The van der Waals surface area contributed by atoms with E-state index in [0.717, 1.165) is 43.4 Å². The smallest absolute Gasteiger partial charge is 0.253 e. The van der Waals surface area contributed by atoms with Crippen molar-refractivity contribution in [1.29, 1.82) is 0 Å². The maximum atomic E-state index is 13.0. The van der Waals surface area contributed by atoms with Gasteiger partial charge in [0.1, 0.15) is 6.29 Å².